The van der Waals surface area contributed by atoms with Gasteiger partial charge in [-0.1, -0.05) is 23.2 Å². The number of halogens is 2. The first-order valence-corrected chi connectivity index (χ1v) is 5.88. The molecule has 0 aliphatic heterocycles. The first-order chi connectivity index (χ1) is 7.61. The lowest BCUT2D eigenvalue weighted by molar-refractivity contribution is 1.05. The number of benzene rings is 1. The highest BCUT2D eigenvalue weighted by Gasteiger charge is 2.08. The SMILES string of the molecule is CNc1nc(=O)n(-c2ccc(Cl)c(Cl)c2)s1. The zero-order valence-corrected chi connectivity index (χ0v) is 10.5. The second-order valence-electron chi connectivity index (χ2n) is 2.93. The van der Waals surface area contributed by atoms with Gasteiger partial charge in [-0.2, -0.15) is 4.98 Å². The van der Waals surface area contributed by atoms with E-state index in [1.807, 2.05) is 0 Å². The fraction of sp³-hybridized carbons (Fsp3) is 0.111. The molecule has 0 fully saturated rings. The van der Waals surface area contributed by atoms with Crippen LogP contribution in [0.1, 0.15) is 0 Å². The van der Waals surface area contributed by atoms with Crippen molar-refractivity contribution in [3.8, 4) is 5.69 Å². The van der Waals surface area contributed by atoms with Gasteiger partial charge >= 0.3 is 5.69 Å². The summed E-state index contributed by atoms with van der Waals surface area (Å²) in [5.41, 5.74) is 0.311. The van der Waals surface area contributed by atoms with Crippen molar-refractivity contribution in [2.75, 3.05) is 12.4 Å². The Morgan fingerprint density at radius 1 is 1.38 bits per heavy atom. The molecule has 1 N–H and O–H groups in total. The maximum Gasteiger partial charge on any atom is 0.364 e. The molecular formula is C9H7Cl2N3OS. The molecule has 0 spiro atoms. The Hall–Kier alpha value is -1.04. The minimum absolute atomic E-state index is 0.340. The smallest absolute Gasteiger partial charge is 0.363 e. The van der Waals surface area contributed by atoms with Gasteiger partial charge in [0.05, 0.1) is 15.7 Å². The summed E-state index contributed by atoms with van der Waals surface area (Å²) in [5, 5.41) is 4.23. The second-order valence-corrected chi connectivity index (χ2v) is 4.68. The van der Waals surface area contributed by atoms with E-state index in [2.05, 4.69) is 10.3 Å². The van der Waals surface area contributed by atoms with Gasteiger partial charge in [-0.15, -0.1) is 0 Å². The molecule has 7 heteroatoms. The first-order valence-electron chi connectivity index (χ1n) is 4.35. The molecule has 1 heterocycles. The van der Waals surface area contributed by atoms with E-state index in [-0.39, 0.29) is 5.69 Å². The molecule has 1 aromatic carbocycles. The van der Waals surface area contributed by atoms with Crippen LogP contribution in [0.25, 0.3) is 5.69 Å². The molecule has 0 radical (unpaired) electrons. The molecule has 84 valence electrons. The molecular weight excluding hydrogens is 269 g/mol. The lowest BCUT2D eigenvalue weighted by Crippen LogP contribution is -2.13. The summed E-state index contributed by atoms with van der Waals surface area (Å²) in [6.07, 6.45) is 0. The van der Waals surface area contributed by atoms with E-state index < -0.39 is 0 Å². The highest BCUT2D eigenvalue weighted by atomic mass is 35.5. The Morgan fingerprint density at radius 3 is 2.69 bits per heavy atom. The van der Waals surface area contributed by atoms with E-state index >= 15 is 0 Å². The minimum Gasteiger partial charge on any atom is -0.363 e. The van der Waals surface area contributed by atoms with Gasteiger partial charge in [-0.3, -0.25) is 0 Å². The van der Waals surface area contributed by atoms with Gasteiger partial charge in [-0.05, 0) is 29.7 Å². The van der Waals surface area contributed by atoms with Crippen molar-refractivity contribution in [1.82, 2.24) is 8.94 Å². The van der Waals surface area contributed by atoms with Crippen LogP contribution >= 0.6 is 34.7 Å². The Morgan fingerprint density at radius 2 is 2.12 bits per heavy atom. The van der Waals surface area contributed by atoms with E-state index in [0.29, 0.717) is 20.9 Å². The average molecular weight is 276 g/mol. The predicted octanol–water partition coefficient (Wildman–Crippen LogP) is 2.64. The van der Waals surface area contributed by atoms with Crippen LogP contribution in [0.5, 0.6) is 0 Å². The highest BCUT2D eigenvalue weighted by molar-refractivity contribution is 7.10. The normalized spacial score (nSPS) is 10.4. The topological polar surface area (TPSA) is 46.9 Å². The van der Waals surface area contributed by atoms with Crippen LogP contribution < -0.4 is 11.0 Å². The molecule has 0 unspecified atom stereocenters. The monoisotopic (exact) mass is 275 g/mol. The molecule has 0 aliphatic carbocycles. The number of anilines is 1. The van der Waals surface area contributed by atoms with Crippen LogP contribution in [0.15, 0.2) is 23.0 Å². The lowest BCUT2D eigenvalue weighted by Gasteiger charge is -2.01. The zero-order chi connectivity index (χ0) is 11.7. The maximum atomic E-state index is 11.5. The lowest BCUT2D eigenvalue weighted by atomic mass is 10.3. The van der Waals surface area contributed by atoms with Crippen LogP contribution in [-0.2, 0) is 0 Å². The van der Waals surface area contributed by atoms with Crippen molar-refractivity contribution in [3.05, 3.63) is 38.7 Å². The van der Waals surface area contributed by atoms with Gasteiger partial charge in [0.15, 0.2) is 0 Å². The molecule has 0 aliphatic rings. The number of hydrogen-bond acceptors (Lipinski definition) is 4. The van der Waals surface area contributed by atoms with Crippen molar-refractivity contribution in [2.45, 2.75) is 0 Å². The highest BCUT2D eigenvalue weighted by Crippen LogP contribution is 2.25. The Labute approximate surface area is 106 Å². The third-order valence-electron chi connectivity index (χ3n) is 1.90. The van der Waals surface area contributed by atoms with E-state index in [1.54, 1.807) is 25.2 Å². The molecule has 1 aromatic heterocycles. The fourth-order valence-electron chi connectivity index (χ4n) is 1.15. The van der Waals surface area contributed by atoms with Gasteiger partial charge in [0.1, 0.15) is 0 Å². The average Bonchev–Trinajstić information content (AvgIpc) is 2.64. The molecule has 2 aromatic rings. The third kappa shape index (κ3) is 2.07. The van der Waals surface area contributed by atoms with Crippen molar-refractivity contribution in [2.24, 2.45) is 0 Å². The fourth-order valence-corrected chi connectivity index (χ4v) is 2.17. The van der Waals surface area contributed by atoms with Crippen LogP contribution in [0.4, 0.5) is 5.13 Å². The van der Waals surface area contributed by atoms with E-state index in [0.717, 1.165) is 0 Å². The quantitative estimate of drug-likeness (QED) is 0.917. The first kappa shape index (κ1) is 11.4. The molecule has 2 rings (SSSR count). The van der Waals surface area contributed by atoms with E-state index in [1.165, 1.54) is 15.5 Å². The standard InChI is InChI=1S/C9H7Cl2N3OS/c1-12-8-13-9(15)14(16-8)5-2-3-6(10)7(11)4-5/h2-4H,1H3,(H,12,13,15). The maximum absolute atomic E-state index is 11.5. The molecule has 0 bridgehead atoms. The summed E-state index contributed by atoms with van der Waals surface area (Å²) in [5.74, 6) is 0. The van der Waals surface area contributed by atoms with Crippen LogP contribution in [0, 0.1) is 0 Å². The molecule has 0 amide bonds. The largest absolute Gasteiger partial charge is 0.364 e. The Balaban J connectivity index is 2.54. The summed E-state index contributed by atoms with van der Waals surface area (Å²) in [6.45, 7) is 0. The summed E-state index contributed by atoms with van der Waals surface area (Å²) < 4.78 is 1.44. The van der Waals surface area contributed by atoms with Crippen molar-refractivity contribution in [3.63, 3.8) is 0 Å². The number of nitrogens with zero attached hydrogens (tertiary/aromatic N) is 2. The molecule has 0 saturated carbocycles. The number of hydrogen-bond donors (Lipinski definition) is 1. The van der Waals surface area contributed by atoms with Crippen LogP contribution in [0.3, 0.4) is 0 Å². The van der Waals surface area contributed by atoms with E-state index in [9.17, 15) is 4.79 Å². The van der Waals surface area contributed by atoms with Gasteiger partial charge < -0.3 is 5.32 Å². The van der Waals surface area contributed by atoms with Gasteiger partial charge in [0.25, 0.3) is 0 Å². The van der Waals surface area contributed by atoms with Crippen molar-refractivity contribution in [1.29, 1.82) is 0 Å². The summed E-state index contributed by atoms with van der Waals surface area (Å²) >= 11 is 12.9. The van der Waals surface area contributed by atoms with Gasteiger partial charge in [0.2, 0.25) is 5.13 Å². The van der Waals surface area contributed by atoms with Crippen molar-refractivity contribution >= 4 is 39.9 Å². The Kier molecular flexibility index (Phi) is 3.18. The predicted molar refractivity (Wildman–Crippen MR) is 67.3 cm³/mol. The van der Waals surface area contributed by atoms with Crippen molar-refractivity contribution < 1.29 is 0 Å². The van der Waals surface area contributed by atoms with Gasteiger partial charge in [-0.25, -0.2) is 8.75 Å². The number of rotatable bonds is 2. The molecule has 16 heavy (non-hydrogen) atoms. The van der Waals surface area contributed by atoms with E-state index in [4.69, 9.17) is 23.2 Å². The molecule has 4 nitrogen and oxygen atoms in total. The number of aromatic nitrogens is 2. The van der Waals surface area contributed by atoms with Crippen LogP contribution in [0.2, 0.25) is 10.0 Å². The summed E-state index contributed by atoms with van der Waals surface area (Å²) in [7, 11) is 1.71. The summed E-state index contributed by atoms with van der Waals surface area (Å²) in [4.78, 5) is 15.3. The van der Waals surface area contributed by atoms with Gasteiger partial charge in [0, 0.05) is 7.05 Å². The second kappa shape index (κ2) is 4.45. The number of nitrogens with one attached hydrogen (secondary N) is 1. The zero-order valence-electron chi connectivity index (χ0n) is 8.20. The molecule has 0 atom stereocenters. The third-order valence-corrected chi connectivity index (χ3v) is 3.66. The molecule has 0 saturated heterocycles. The summed E-state index contributed by atoms with van der Waals surface area (Å²) in [6, 6.07) is 4.99. The Bertz CT molecular complexity index is 578. The minimum atomic E-state index is -0.340. The van der Waals surface area contributed by atoms with Crippen LogP contribution in [-0.4, -0.2) is 16.0 Å².